The Morgan fingerprint density at radius 2 is 2.00 bits per heavy atom. The highest BCUT2D eigenvalue weighted by atomic mass is 32.1. The summed E-state index contributed by atoms with van der Waals surface area (Å²) in [5.41, 5.74) is 5.01. The molecular weight excluding hydrogens is 346 g/mol. The minimum absolute atomic E-state index is 0.0630. The van der Waals surface area contributed by atoms with Gasteiger partial charge in [0.25, 0.3) is 0 Å². The second-order valence-corrected chi connectivity index (χ2v) is 7.32. The molecule has 0 saturated heterocycles. The van der Waals surface area contributed by atoms with Crippen LogP contribution in [0.2, 0.25) is 0 Å². The fraction of sp³-hybridized carbons (Fsp3) is 0.350. The molecule has 1 aromatic heterocycles. The van der Waals surface area contributed by atoms with Crippen LogP contribution in [0.3, 0.4) is 0 Å². The minimum Gasteiger partial charge on any atom is -0.352 e. The first kappa shape index (κ1) is 18.3. The topological polar surface area (TPSA) is 71.1 Å². The molecule has 1 aromatic carbocycles. The van der Waals surface area contributed by atoms with E-state index in [2.05, 4.69) is 22.2 Å². The summed E-state index contributed by atoms with van der Waals surface area (Å²) in [7, 11) is 0. The number of fused-ring (bicyclic) bond motifs is 1. The van der Waals surface area contributed by atoms with Crippen molar-refractivity contribution in [1.82, 2.24) is 15.6 Å². The normalized spacial score (nSPS) is 15.8. The van der Waals surface area contributed by atoms with E-state index in [9.17, 15) is 9.59 Å². The highest BCUT2D eigenvalue weighted by Gasteiger charge is 2.28. The van der Waals surface area contributed by atoms with Crippen LogP contribution in [0, 0.1) is 0 Å². The molecule has 1 unspecified atom stereocenters. The largest absolute Gasteiger partial charge is 0.352 e. The number of thiazole rings is 1. The molecule has 136 valence electrons. The molecule has 26 heavy (non-hydrogen) atoms. The van der Waals surface area contributed by atoms with Gasteiger partial charge in [0.15, 0.2) is 0 Å². The second-order valence-electron chi connectivity index (χ2n) is 6.39. The van der Waals surface area contributed by atoms with Crippen LogP contribution in [0.25, 0.3) is 0 Å². The third kappa shape index (κ3) is 4.58. The highest BCUT2D eigenvalue weighted by Crippen LogP contribution is 2.32. The maximum atomic E-state index is 12.5. The lowest BCUT2D eigenvalue weighted by atomic mass is 9.90. The van der Waals surface area contributed by atoms with Gasteiger partial charge in [0.2, 0.25) is 11.8 Å². The molecular formula is C20H23N3O2S. The van der Waals surface area contributed by atoms with Gasteiger partial charge in [0.1, 0.15) is 0 Å². The fourth-order valence-corrected chi connectivity index (χ4v) is 4.02. The Kier molecular flexibility index (Phi) is 6.17. The van der Waals surface area contributed by atoms with Crippen LogP contribution in [0.1, 0.15) is 40.5 Å². The third-order valence-electron chi connectivity index (χ3n) is 4.60. The summed E-state index contributed by atoms with van der Waals surface area (Å²) in [5, 5.41) is 5.80. The third-order valence-corrected chi connectivity index (χ3v) is 5.51. The number of aromatic nitrogens is 1. The monoisotopic (exact) mass is 369 g/mol. The Labute approximate surface area is 157 Å². The van der Waals surface area contributed by atoms with E-state index in [1.165, 1.54) is 11.0 Å². The van der Waals surface area contributed by atoms with E-state index < -0.39 is 0 Å². The molecule has 1 heterocycles. The molecule has 0 spiro atoms. The summed E-state index contributed by atoms with van der Waals surface area (Å²) in [5.74, 6) is -0.207. The Bertz CT molecular complexity index is 783. The number of rotatable bonds is 7. The maximum absolute atomic E-state index is 12.5. The van der Waals surface area contributed by atoms with Crippen LogP contribution < -0.4 is 10.6 Å². The van der Waals surface area contributed by atoms with Gasteiger partial charge in [-0.2, -0.15) is 0 Å². The lowest BCUT2D eigenvalue weighted by Gasteiger charge is -2.20. The van der Waals surface area contributed by atoms with E-state index in [1.54, 1.807) is 11.3 Å². The zero-order valence-electron chi connectivity index (χ0n) is 14.7. The molecule has 2 aromatic rings. The van der Waals surface area contributed by atoms with Gasteiger partial charge in [-0.25, -0.2) is 4.98 Å². The van der Waals surface area contributed by atoms with Gasteiger partial charge >= 0.3 is 0 Å². The van der Waals surface area contributed by atoms with E-state index in [-0.39, 0.29) is 17.7 Å². The number of hydrogen-bond donors (Lipinski definition) is 2. The molecule has 1 atom stereocenters. The summed E-state index contributed by atoms with van der Waals surface area (Å²) in [6.07, 6.45) is 4.99. The summed E-state index contributed by atoms with van der Waals surface area (Å²) in [6.45, 7) is 4.52. The molecule has 2 amide bonds. The quantitative estimate of drug-likeness (QED) is 0.737. The second kappa shape index (κ2) is 8.76. The van der Waals surface area contributed by atoms with E-state index in [0.29, 0.717) is 13.1 Å². The maximum Gasteiger partial charge on any atom is 0.243 e. The van der Waals surface area contributed by atoms with Crippen LogP contribution >= 0.6 is 11.3 Å². The summed E-state index contributed by atoms with van der Waals surface area (Å²) >= 11 is 1.65. The first-order valence-corrected chi connectivity index (χ1v) is 9.73. The molecule has 6 heteroatoms. The lowest BCUT2D eigenvalue weighted by molar-refractivity contribution is -0.123. The summed E-state index contributed by atoms with van der Waals surface area (Å²) in [4.78, 5) is 29.3. The minimum atomic E-state index is -0.157. The molecule has 0 radical (unpaired) electrons. The molecule has 1 aliphatic carbocycles. The first-order valence-electron chi connectivity index (χ1n) is 8.85. The molecule has 3 rings (SSSR count). The van der Waals surface area contributed by atoms with Crippen molar-refractivity contribution < 1.29 is 9.59 Å². The van der Waals surface area contributed by atoms with Crippen molar-refractivity contribution >= 4 is 23.2 Å². The summed E-state index contributed by atoms with van der Waals surface area (Å²) < 4.78 is 0. The van der Waals surface area contributed by atoms with E-state index in [4.69, 9.17) is 0 Å². The molecule has 0 saturated carbocycles. The van der Waals surface area contributed by atoms with Crippen molar-refractivity contribution in [3.8, 4) is 0 Å². The molecule has 0 bridgehead atoms. The predicted octanol–water partition coefficient (Wildman–Crippen LogP) is 2.72. The van der Waals surface area contributed by atoms with Crippen LogP contribution in [-0.2, 0) is 29.0 Å². The SMILES string of the molecule is C=CC(=O)NCCc1ccc(CNC(=O)C2CCCc3scnc32)cc1. The number of amides is 2. The van der Waals surface area contributed by atoms with Crippen molar-refractivity contribution in [1.29, 1.82) is 0 Å². The van der Waals surface area contributed by atoms with E-state index in [1.807, 2.05) is 29.8 Å². The van der Waals surface area contributed by atoms with Crippen molar-refractivity contribution in [3.05, 3.63) is 64.1 Å². The van der Waals surface area contributed by atoms with Crippen LogP contribution in [0.4, 0.5) is 0 Å². The van der Waals surface area contributed by atoms with Crippen molar-refractivity contribution in [2.75, 3.05) is 6.54 Å². The van der Waals surface area contributed by atoms with Gasteiger partial charge in [0, 0.05) is 18.0 Å². The molecule has 1 aliphatic rings. The number of carbonyl (C=O) groups is 2. The lowest BCUT2D eigenvalue weighted by Crippen LogP contribution is -2.31. The van der Waals surface area contributed by atoms with Gasteiger partial charge in [-0.05, 0) is 42.9 Å². The number of aryl methyl sites for hydroxylation is 1. The first-order chi connectivity index (χ1) is 12.7. The van der Waals surface area contributed by atoms with Crippen LogP contribution in [0.5, 0.6) is 0 Å². The van der Waals surface area contributed by atoms with Crippen molar-refractivity contribution in [2.24, 2.45) is 0 Å². The van der Waals surface area contributed by atoms with Gasteiger partial charge in [0.05, 0.1) is 17.1 Å². The molecule has 2 N–H and O–H groups in total. The fourth-order valence-electron chi connectivity index (χ4n) is 3.15. The number of hydrogen-bond acceptors (Lipinski definition) is 4. The van der Waals surface area contributed by atoms with Crippen molar-refractivity contribution in [2.45, 2.75) is 38.1 Å². The number of benzene rings is 1. The Balaban J connectivity index is 1.48. The van der Waals surface area contributed by atoms with Crippen LogP contribution in [0.15, 0.2) is 42.4 Å². The zero-order chi connectivity index (χ0) is 18.4. The predicted molar refractivity (Wildman–Crippen MR) is 103 cm³/mol. The van der Waals surface area contributed by atoms with E-state index in [0.717, 1.165) is 42.5 Å². The van der Waals surface area contributed by atoms with Gasteiger partial charge in [-0.15, -0.1) is 11.3 Å². The Hall–Kier alpha value is -2.47. The number of carbonyl (C=O) groups excluding carboxylic acids is 2. The Morgan fingerprint density at radius 3 is 2.77 bits per heavy atom. The average molecular weight is 369 g/mol. The highest BCUT2D eigenvalue weighted by molar-refractivity contribution is 7.09. The molecule has 0 fully saturated rings. The Morgan fingerprint density at radius 1 is 1.23 bits per heavy atom. The van der Waals surface area contributed by atoms with Crippen LogP contribution in [-0.4, -0.2) is 23.3 Å². The van der Waals surface area contributed by atoms with E-state index >= 15 is 0 Å². The summed E-state index contributed by atoms with van der Waals surface area (Å²) in [6, 6.07) is 8.08. The standard InChI is InChI=1S/C20H23N3O2S/c1-2-18(24)21-11-10-14-6-8-15(9-7-14)12-22-20(25)16-4-3-5-17-19(16)23-13-26-17/h2,6-9,13,16H,1,3-5,10-12H2,(H,21,24)(H,22,25). The zero-order valence-corrected chi connectivity index (χ0v) is 15.5. The number of nitrogens with one attached hydrogen (secondary N) is 2. The molecule has 5 nitrogen and oxygen atoms in total. The van der Waals surface area contributed by atoms with Crippen molar-refractivity contribution in [3.63, 3.8) is 0 Å². The smallest absolute Gasteiger partial charge is 0.243 e. The number of nitrogens with zero attached hydrogens (tertiary/aromatic N) is 1. The van der Waals surface area contributed by atoms with Gasteiger partial charge < -0.3 is 10.6 Å². The van der Waals surface area contributed by atoms with Gasteiger partial charge in [-0.1, -0.05) is 30.8 Å². The average Bonchev–Trinajstić information content (AvgIpc) is 3.15. The molecule has 0 aliphatic heterocycles. The van der Waals surface area contributed by atoms with Gasteiger partial charge in [-0.3, -0.25) is 9.59 Å².